The predicted molar refractivity (Wildman–Crippen MR) is 176 cm³/mol. The highest BCUT2D eigenvalue weighted by Gasteiger charge is 2.18. The number of benzene rings is 1. The molecule has 10 nitrogen and oxygen atoms in total. The number of amides is 2. The van der Waals surface area contributed by atoms with E-state index in [0.29, 0.717) is 90.1 Å². The molecule has 0 aliphatic carbocycles. The summed E-state index contributed by atoms with van der Waals surface area (Å²) in [5.41, 5.74) is 0.339. The van der Waals surface area contributed by atoms with Crippen LogP contribution < -0.4 is 20.7 Å². The number of hydrogen-bond acceptors (Lipinski definition) is 10. The first-order valence-electron chi connectivity index (χ1n) is 14.8. The molecular formula is C31H51N3O7S2. The molecule has 1 unspecified atom stereocenters. The van der Waals surface area contributed by atoms with Crippen molar-refractivity contribution in [3.05, 3.63) is 29.8 Å². The second-order valence-corrected chi connectivity index (χ2v) is 13.4. The summed E-state index contributed by atoms with van der Waals surface area (Å²) < 4.78 is 28.6. The van der Waals surface area contributed by atoms with E-state index in [1.807, 2.05) is 19.1 Å². The highest BCUT2D eigenvalue weighted by atomic mass is 33.1. The molecule has 1 aromatic carbocycles. The first-order valence-corrected chi connectivity index (χ1v) is 17.0. The second-order valence-electron chi connectivity index (χ2n) is 10.2. The van der Waals surface area contributed by atoms with Gasteiger partial charge in [0.05, 0.1) is 33.0 Å². The van der Waals surface area contributed by atoms with Gasteiger partial charge in [-0.25, -0.2) is 0 Å². The third-order valence-corrected chi connectivity index (χ3v) is 8.76. The Hall–Kier alpha value is -1.98. The van der Waals surface area contributed by atoms with E-state index in [1.54, 1.807) is 40.6 Å². The van der Waals surface area contributed by atoms with Crippen LogP contribution in [-0.2, 0) is 23.7 Å². The van der Waals surface area contributed by atoms with Crippen LogP contribution in [0.4, 0.5) is 0 Å². The third kappa shape index (κ3) is 23.1. The maximum absolute atomic E-state index is 12.4. The standard InChI is InChI=1S/C31H51N3O7S2/c1-6-8-17-37-19-16-33-28(35)13-10-18-38-20-21-39-22-23-40-29(42-43-31(3,4)5)25-41-27-12-9-11-26(24-27)30(36)34-15-14-32-7-2/h9,11-12,24,29,32H,7,10,13-23,25H2,1-5H3,(H,33,35)(H,34,36). The summed E-state index contributed by atoms with van der Waals surface area (Å²) in [4.78, 5) is 24.2. The number of rotatable bonds is 25. The van der Waals surface area contributed by atoms with E-state index in [2.05, 4.69) is 48.6 Å². The molecule has 0 saturated heterocycles. The molecule has 43 heavy (non-hydrogen) atoms. The Morgan fingerprint density at radius 3 is 2.47 bits per heavy atom. The Kier molecular flexibility index (Phi) is 23.0. The summed E-state index contributed by atoms with van der Waals surface area (Å²) >= 11 is 0. The van der Waals surface area contributed by atoms with Crippen molar-refractivity contribution in [2.24, 2.45) is 0 Å². The molecule has 0 aromatic heterocycles. The maximum atomic E-state index is 12.4. The maximum Gasteiger partial charge on any atom is 0.251 e. The molecule has 0 saturated carbocycles. The highest BCUT2D eigenvalue weighted by Crippen LogP contribution is 2.38. The van der Waals surface area contributed by atoms with Crippen molar-refractivity contribution in [2.75, 3.05) is 79.0 Å². The van der Waals surface area contributed by atoms with Gasteiger partial charge < -0.3 is 39.6 Å². The number of ether oxygens (including phenoxy) is 5. The van der Waals surface area contributed by atoms with Gasteiger partial charge in [0, 0.05) is 43.0 Å². The highest BCUT2D eigenvalue weighted by molar-refractivity contribution is 8.77. The van der Waals surface area contributed by atoms with Crippen LogP contribution in [0.5, 0.6) is 5.75 Å². The van der Waals surface area contributed by atoms with Crippen LogP contribution in [0.1, 0.15) is 57.8 Å². The SMILES string of the molecule is CC#CCOCCNC(=O)CCCOCCOCCOC(COc1cccc(C(=O)NCCNCC)c1)SSC(C)(C)C. The fraction of sp³-hybridized carbons (Fsp3) is 0.677. The van der Waals surface area contributed by atoms with Crippen LogP contribution in [-0.4, -0.2) is 101 Å². The Labute approximate surface area is 266 Å². The van der Waals surface area contributed by atoms with Crippen LogP contribution in [0.15, 0.2) is 24.3 Å². The monoisotopic (exact) mass is 641 g/mol. The quantitative estimate of drug-likeness (QED) is 0.0629. The van der Waals surface area contributed by atoms with Gasteiger partial charge in [0.25, 0.3) is 5.91 Å². The molecule has 0 heterocycles. The molecule has 0 bridgehead atoms. The molecule has 12 heteroatoms. The lowest BCUT2D eigenvalue weighted by molar-refractivity contribution is -0.121. The van der Waals surface area contributed by atoms with Crippen molar-refractivity contribution in [1.82, 2.24) is 16.0 Å². The number of carbonyl (C=O) groups is 2. The van der Waals surface area contributed by atoms with E-state index >= 15 is 0 Å². The van der Waals surface area contributed by atoms with Crippen LogP contribution in [0.3, 0.4) is 0 Å². The number of likely N-dealkylation sites (N-methyl/N-ethyl adjacent to an activating group) is 1. The Morgan fingerprint density at radius 1 is 0.953 bits per heavy atom. The van der Waals surface area contributed by atoms with E-state index in [9.17, 15) is 9.59 Å². The summed E-state index contributed by atoms with van der Waals surface area (Å²) in [6.45, 7) is 16.3. The van der Waals surface area contributed by atoms with Crippen molar-refractivity contribution in [3.63, 3.8) is 0 Å². The van der Waals surface area contributed by atoms with Gasteiger partial charge in [-0.15, -0.1) is 5.92 Å². The fourth-order valence-corrected chi connectivity index (χ4v) is 5.37. The largest absolute Gasteiger partial charge is 0.490 e. The summed E-state index contributed by atoms with van der Waals surface area (Å²) in [7, 11) is 3.35. The second kappa shape index (κ2) is 25.4. The molecule has 0 fully saturated rings. The van der Waals surface area contributed by atoms with E-state index in [4.69, 9.17) is 23.7 Å². The van der Waals surface area contributed by atoms with E-state index in [-0.39, 0.29) is 22.0 Å². The minimum Gasteiger partial charge on any atom is -0.490 e. The van der Waals surface area contributed by atoms with E-state index < -0.39 is 0 Å². The van der Waals surface area contributed by atoms with E-state index in [0.717, 1.165) is 13.1 Å². The Morgan fingerprint density at radius 2 is 1.72 bits per heavy atom. The molecule has 1 atom stereocenters. The first-order chi connectivity index (χ1) is 20.7. The predicted octanol–water partition coefficient (Wildman–Crippen LogP) is 3.90. The Balaban J connectivity index is 2.26. The number of hydrogen-bond donors (Lipinski definition) is 3. The third-order valence-electron chi connectivity index (χ3n) is 5.24. The zero-order valence-corrected chi connectivity index (χ0v) is 28.1. The van der Waals surface area contributed by atoms with Gasteiger partial charge in [0.2, 0.25) is 5.91 Å². The number of nitrogens with one attached hydrogen (secondary N) is 3. The van der Waals surface area contributed by atoms with Crippen molar-refractivity contribution >= 4 is 33.4 Å². The fourth-order valence-electron chi connectivity index (χ4n) is 3.18. The molecule has 1 aromatic rings. The van der Waals surface area contributed by atoms with Gasteiger partial charge in [0.15, 0.2) is 0 Å². The number of carbonyl (C=O) groups excluding carboxylic acids is 2. The molecular weight excluding hydrogens is 590 g/mol. The zero-order chi connectivity index (χ0) is 31.6. The van der Waals surface area contributed by atoms with Gasteiger partial charge in [-0.3, -0.25) is 9.59 Å². The minimum absolute atomic E-state index is 0.0167. The summed E-state index contributed by atoms with van der Waals surface area (Å²) in [6, 6.07) is 7.17. The van der Waals surface area contributed by atoms with Crippen molar-refractivity contribution in [3.8, 4) is 17.6 Å². The minimum atomic E-state index is -0.218. The topological polar surface area (TPSA) is 116 Å². The molecule has 0 aliphatic rings. The van der Waals surface area contributed by atoms with Gasteiger partial charge in [-0.1, -0.05) is 61.3 Å². The van der Waals surface area contributed by atoms with Gasteiger partial charge >= 0.3 is 0 Å². The lowest BCUT2D eigenvalue weighted by Crippen LogP contribution is -2.31. The average Bonchev–Trinajstić information content (AvgIpc) is 2.98. The summed E-state index contributed by atoms with van der Waals surface area (Å²) in [5.74, 6) is 6.03. The first kappa shape index (κ1) is 39.0. The average molecular weight is 642 g/mol. The van der Waals surface area contributed by atoms with Gasteiger partial charge in [-0.2, -0.15) is 0 Å². The molecule has 2 amide bonds. The lowest BCUT2D eigenvalue weighted by atomic mass is 10.2. The van der Waals surface area contributed by atoms with Gasteiger partial charge in [-0.05, 0) is 38.1 Å². The van der Waals surface area contributed by atoms with Gasteiger partial charge in [0.1, 0.15) is 24.4 Å². The molecule has 1 rings (SSSR count). The van der Waals surface area contributed by atoms with Crippen molar-refractivity contribution < 1.29 is 33.3 Å². The molecule has 244 valence electrons. The molecule has 0 aliphatic heterocycles. The zero-order valence-electron chi connectivity index (χ0n) is 26.5. The normalized spacial score (nSPS) is 11.8. The van der Waals surface area contributed by atoms with Crippen LogP contribution >= 0.6 is 21.6 Å². The van der Waals surface area contributed by atoms with Crippen LogP contribution in [0, 0.1) is 11.8 Å². The molecule has 3 N–H and O–H groups in total. The Bertz CT molecular complexity index is 951. The molecule has 0 radical (unpaired) electrons. The summed E-state index contributed by atoms with van der Waals surface area (Å²) in [5, 5.41) is 8.90. The lowest BCUT2D eigenvalue weighted by Gasteiger charge is -2.22. The van der Waals surface area contributed by atoms with Crippen LogP contribution in [0.2, 0.25) is 0 Å². The van der Waals surface area contributed by atoms with E-state index in [1.165, 1.54) is 0 Å². The smallest absolute Gasteiger partial charge is 0.251 e. The van der Waals surface area contributed by atoms with Crippen molar-refractivity contribution in [1.29, 1.82) is 0 Å². The van der Waals surface area contributed by atoms with Crippen molar-refractivity contribution in [2.45, 2.75) is 57.6 Å². The summed E-state index contributed by atoms with van der Waals surface area (Å²) in [6.07, 6.45) is 1.05. The molecule has 0 spiro atoms. The van der Waals surface area contributed by atoms with Crippen LogP contribution in [0.25, 0.3) is 0 Å².